The average Bonchev–Trinajstić information content (AvgIpc) is 3.63. The van der Waals surface area contributed by atoms with Gasteiger partial charge in [0.15, 0.2) is 0 Å². The minimum atomic E-state index is 0.510. The summed E-state index contributed by atoms with van der Waals surface area (Å²) in [5.74, 6) is 3.43. The molecule has 32 heavy (non-hydrogen) atoms. The minimum Gasteiger partial charge on any atom is -0.378 e. The van der Waals surface area contributed by atoms with E-state index in [-0.39, 0.29) is 0 Å². The first kappa shape index (κ1) is 19.6. The van der Waals surface area contributed by atoms with Crippen molar-refractivity contribution in [1.29, 1.82) is 0 Å². The second-order valence-corrected chi connectivity index (χ2v) is 9.23. The molecule has 4 aromatic rings. The molecule has 0 atom stereocenters. The summed E-state index contributed by atoms with van der Waals surface area (Å²) in [4.78, 5) is 17.8. The maximum absolute atomic E-state index is 5.48. The fourth-order valence-electron chi connectivity index (χ4n) is 4.16. The van der Waals surface area contributed by atoms with E-state index in [9.17, 15) is 0 Å². The fourth-order valence-corrected chi connectivity index (χ4v) is 5.12. The van der Waals surface area contributed by atoms with E-state index in [4.69, 9.17) is 14.7 Å². The van der Waals surface area contributed by atoms with E-state index in [1.165, 1.54) is 29.5 Å². The zero-order chi connectivity index (χ0) is 21.3. The first-order valence-electron chi connectivity index (χ1n) is 11.2. The van der Waals surface area contributed by atoms with E-state index < -0.39 is 0 Å². The molecule has 2 fully saturated rings. The lowest BCUT2D eigenvalue weighted by molar-refractivity contribution is 0.122. The summed E-state index contributed by atoms with van der Waals surface area (Å²) in [6.07, 6.45) is 4.28. The summed E-state index contributed by atoms with van der Waals surface area (Å²) >= 11 is 1.71. The summed E-state index contributed by atoms with van der Waals surface area (Å²) in [5.41, 5.74) is 3.58. The molecule has 6 rings (SSSR count). The third-order valence-corrected chi connectivity index (χ3v) is 6.96. The Kier molecular flexibility index (Phi) is 5.21. The second-order valence-electron chi connectivity index (χ2n) is 8.38. The monoisotopic (exact) mass is 443 g/mol. The molecular formula is C25H25N5OS. The molecule has 3 aromatic heterocycles. The SMILES string of the molecule is c1ccc(-c2csc3nc(C4CC4)nc(NCc4ccnc(N5CCOCC5)c4)c23)cc1. The van der Waals surface area contributed by atoms with Gasteiger partial charge < -0.3 is 15.0 Å². The van der Waals surface area contributed by atoms with E-state index >= 15 is 0 Å². The van der Waals surface area contributed by atoms with Crippen molar-refractivity contribution >= 4 is 33.2 Å². The number of aromatic nitrogens is 3. The lowest BCUT2D eigenvalue weighted by atomic mass is 10.1. The van der Waals surface area contributed by atoms with Crippen LogP contribution >= 0.6 is 11.3 Å². The topological polar surface area (TPSA) is 63.2 Å². The number of benzene rings is 1. The number of pyridine rings is 1. The van der Waals surface area contributed by atoms with Crippen molar-refractivity contribution in [2.45, 2.75) is 25.3 Å². The molecule has 4 heterocycles. The second kappa shape index (κ2) is 8.48. The highest BCUT2D eigenvalue weighted by Crippen LogP contribution is 2.42. The summed E-state index contributed by atoms with van der Waals surface area (Å²) in [6, 6.07) is 14.8. The van der Waals surface area contributed by atoms with E-state index in [0.29, 0.717) is 12.5 Å². The van der Waals surface area contributed by atoms with Crippen molar-refractivity contribution < 1.29 is 4.74 Å². The van der Waals surface area contributed by atoms with Crippen LogP contribution in [0.15, 0.2) is 54.0 Å². The first-order valence-corrected chi connectivity index (χ1v) is 12.1. The Morgan fingerprint density at radius 1 is 1.06 bits per heavy atom. The van der Waals surface area contributed by atoms with Gasteiger partial charge in [0.2, 0.25) is 0 Å². The molecule has 1 aliphatic carbocycles. The van der Waals surface area contributed by atoms with Crippen LogP contribution in [0.2, 0.25) is 0 Å². The fraction of sp³-hybridized carbons (Fsp3) is 0.320. The zero-order valence-corrected chi connectivity index (χ0v) is 18.6. The highest BCUT2D eigenvalue weighted by Gasteiger charge is 2.28. The van der Waals surface area contributed by atoms with Crippen molar-refractivity contribution in [3.63, 3.8) is 0 Å². The van der Waals surface area contributed by atoms with Crippen molar-refractivity contribution in [2.24, 2.45) is 0 Å². The highest BCUT2D eigenvalue weighted by atomic mass is 32.1. The Bertz CT molecular complexity index is 1230. The molecule has 7 heteroatoms. The maximum atomic E-state index is 5.48. The molecule has 1 saturated carbocycles. The van der Waals surface area contributed by atoms with Crippen LogP contribution in [0.1, 0.15) is 30.1 Å². The van der Waals surface area contributed by atoms with Crippen molar-refractivity contribution in [3.8, 4) is 11.1 Å². The number of fused-ring (bicyclic) bond motifs is 1. The number of hydrogen-bond acceptors (Lipinski definition) is 7. The lowest BCUT2D eigenvalue weighted by Gasteiger charge is -2.28. The van der Waals surface area contributed by atoms with Gasteiger partial charge in [0.25, 0.3) is 0 Å². The molecule has 6 nitrogen and oxygen atoms in total. The van der Waals surface area contributed by atoms with E-state index in [1.807, 2.05) is 6.20 Å². The summed E-state index contributed by atoms with van der Waals surface area (Å²) in [6.45, 7) is 3.98. The van der Waals surface area contributed by atoms with Crippen LogP contribution < -0.4 is 10.2 Å². The molecule has 1 aromatic carbocycles. The Hall–Kier alpha value is -3.03. The molecule has 162 valence electrons. The minimum absolute atomic E-state index is 0.510. The molecular weight excluding hydrogens is 418 g/mol. The van der Waals surface area contributed by atoms with Gasteiger partial charge in [-0.1, -0.05) is 30.3 Å². The zero-order valence-electron chi connectivity index (χ0n) is 17.8. The third-order valence-electron chi connectivity index (χ3n) is 6.08. The molecule has 0 spiro atoms. The number of ether oxygens (including phenoxy) is 1. The molecule has 1 saturated heterocycles. The number of anilines is 2. The Morgan fingerprint density at radius 3 is 2.72 bits per heavy atom. The van der Waals surface area contributed by atoms with Gasteiger partial charge in [0, 0.05) is 42.7 Å². The highest BCUT2D eigenvalue weighted by molar-refractivity contribution is 7.17. The molecule has 1 N–H and O–H groups in total. The van der Waals surface area contributed by atoms with Crippen LogP contribution in [0, 0.1) is 0 Å². The van der Waals surface area contributed by atoms with Gasteiger partial charge in [-0.15, -0.1) is 11.3 Å². The largest absolute Gasteiger partial charge is 0.378 e. The van der Waals surface area contributed by atoms with E-state index in [1.54, 1.807) is 11.3 Å². The van der Waals surface area contributed by atoms with Gasteiger partial charge in [-0.3, -0.25) is 0 Å². The Balaban J connectivity index is 1.33. The standard InChI is InChI=1S/C25H25N5OS/c1-2-4-18(5-3-1)20-16-32-25-22(20)24(28-23(29-25)19-6-7-19)27-15-17-8-9-26-21(14-17)30-10-12-31-13-11-30/h1-5,8-9,14,16,19H,6-7,10-13,15H2,(H,27,28,29). The van der Waals surface area contributed by atoms with Crippen LogP contribution in [-0.2, 0) is 11.3 Å². The van der Waals surface area contributed by atoms with Crippen LogP contribution in [0.25, 0.3) is 21.3 Å². The molecule has 0 amide bonds. The van der Waals surface area contributed by atoms with Gasteiger partial charge in [0.1, 0.15) is 22.3 Å². The number of thiophene rings is 1. The average molecular weight is 444 g/mol. The molecule has 0 bridgehead atoms. The molecule has 1 aliphatic heterocycles. The molecule has 2 aliphatic rings. The number of morpholine rings is 1. The normalized spacial score (nSPS) is 16.4. The summed E-state index contributed by atoms with van der Waals surface area (Å²) < 4.78 is 5.48. The van der Waals surface area contributed by atoms with Crippen LogP contribution in [0.5, 0.6) is 0 Å². The maximum Gasteiger partial charge on any atom is 0.139 e. The first-order chi connectivity index (χ1) is 15.8. The van der Waals surface area contributed by atoms with Gasteiger partial charge in [-0.2, -0.15) is 0 Å². The van der Waals surface area contributed by atoms with Gasteiger partial charge in [-0.25, -0.2) is 15.0 Å². The van der Waals surface area contributed by atoms with Crippen LogP contribution in [0.3, 0.4) is 0 Å². The quantitative estimate of drug-likeness (QED) is 0.448. The predicted molar refractivity (Wildman–Crippen MR) is 129 cm³/mol. The van der Waals surface area contributed by atoms with E-state index in [2.05, 4.69) is 63.0 Å². The third kappa shape index (κ3) is 3.94. The van der Waals surface area contributed by atoms with E-state index in [0.717, 1.165) is 54.0 Å². The predicted octanol–water partition coefficient (Wildman–Crippen LogP) is 5.08. The Morgan fingerprint density at radius 2 is 1.91 bits per heavy atom. The Labute approximate surface area is 191 Å². The molecule has 0 radical (unpaired) electrons. The van der Waals surface area contributed by atoms with Gasteiger partial charge in [0.05, 0.1) is 18.6 Å². The smallest absolute Gasteiger partial charge is 0.139 e. The number of rotatable bonds is 6. The van der Waals surface area contributed by atoms with Crippen molar-refractivity contribution in [2.75, 3.05) is 36.5 Å². The van der Waals surface area contributed by atoms with Gasteiger partial charge >= 0.3 is 0 Å². The van der Waals surface area contributed by atoms with Crippen LogP contribution in [-0.4, -0.2) is 41.3 Å². The number of nitrogens with one attached hydrogen (secondary N) is 1. The van der Waals surface area contributed by atoms with Crippen LogP contribution in [0.4, 0.5) is 11.6 Å². The van der Waals surface area contributed by atoms with Crippen molar-refractivity contribution in [1.82, 2.24) is 15.0 Å². The van der Waals surface area contributed by atoms with Gasteiger partial charge in [-0.05, 0) is 36.1 Å². The lowest BCUT2D eigenvalue weighted by Crippen LogP contribution is -2.36. The molecule has 0 unspecified atom stereocenters. The number of hydrogen-bond donors (Lipinski definition) is 1. The summed E-state index contributed by atoms with van der Waals surface area (Å²) in [7, 11) is 0. The van der Waals surface area contributed by atoms with Crippen molar-refractivity contribution in [3.05, 3.63) is 65.4 Å². The summed E-state index contributed by atoms with van der Waals surface area (Å²) in [5, 5.41) is 6.96. The number of nitrogens with zero attached hydrogens (tertiary/aromatic N) is 4.